The van der Waals surface area contributed by atoms with E-state index in [1.165, 1.54) is 21.9 Å². The number of fused-ring (bicyclic) bond motifs is 7. The normalized spacial score (nSPS) is 14.6. The summed E-state index contributed by atoms with van der Waals surface area (Å²) in [6.07, 6.45) is 9.47. The van der Waals surface area contributed by atoms with Crippen LogP contribution in [0.15, 0.2) is 247 Å². The molecular formula is C66H48N2O2. The average molecular weight is 901 g/mol. The van der Waals surface area contributed by atoms with Crippen LogP contribution in [0.5, 0.6) is 11.5 Å². The second-order valence-corrected chi connectivity index (χ2v) is 19.0. The van der Waals surface area contributed by atoms with Crippen molar-refractivity contribution >= 4 is 77.6 Å². The Morgan fingerprint density at radius 1 is 0.471 bits per heavy atom. The molecule has 2 heterocycles. The predicted octanol–water partition coefficient (Wildman–Crippen LogP) is 18.8. The van der Waals surface area contributed by atoms with Crippen LogP contribution in [0.2, 0.25) is 0 Å². The van der Waals surface area contributed by atoms with E-state index in [1.54, 1.807) is 0 Å². The first-order valence-corrected chi connectivity index (χ1v) is 24.1. The van der Waals surface area contributed by atoms with Crippen molar-refractivity contribution < 1.29 is 9.15 Å². The van der Waals surface area contributed by atoms with E-state index in [0.29, 0.717) is 0 Å². The highest BCUT2D eigenvalue weighted by molar-refractivity contribution is 6.12. The van der Waals surface area contributed by atoms with Crippen molar-refractivity contribution in [1.29, 1.82) is 0 Å². The monoisotopic (exact) mass is 900 g/mol. The fourth-order valence-corrected chi connectivity index (χ4v) is 10.7. The smallest absolute Gasteiger partial charge is 0.137 e. The van der Waals surface area contributed by atoms with Gasteiger partial charge >= 0.3 is 0 Å². The first-order valence-electron chi connectivity index (χ1n) is 24.1. The lowest BCUT2D eigenvalue weighted by Crippen LogP contribution is -2.22. The van der Waals surface area contributed by atoms with Crippen molar-refractivity contribution in [2.45, 2.75) is 25.7 Å². The third-order valence-corrected chi connectivity index (χ3v) is 14.5. The summed E-state index contributed by atoms with van der Waals surface area (Å²) in [5, 5.41) is 6.74. The summed E-state index contributed by atoms with van der Waals surface area (Å²) >= 11 is 0. The minimum absolute atomic E-state index is 0.292. The molecule has 10 aromatic carbocycles. The summed E-state index contributed by atoms with van der Waals surface area (Å²) in [6, 6.07) is 74.1. The van der Waals surface area contributed by atoms with Crippen LogP contribution in [0.1, 0.15) is 25.0 Å². The van der Waals surface area contributed by atoms with Gasteiger partial charge < -0.3 is 19.0 Å². The van der Waals surface area contributed by atoms with Crippen molar-refractivity contribution in [3.63, 3.8) is 0 Å². The minimum atomic E-state index is -0.292. The molecule has 13 rings (SSSR count). The maximum Gasteiger partial charge on any atom is 0.137 e. The summed E-state index contributed by atoms with van der Waals surface area (Å²) in [7, 11) is 0. The average Bonchev–Trinajstić information content (AvgIpc) is 3.79. The van der Waals surface area contributed by atoms with Gasteiger partial charge in [-0.25, -0.2) is 0 Å². The highest BCUT2D eigenvalue weighted by atomic mass is 16.5. The maximum atomic E-state index is 7.09. The summed E-state index contributed by atoms with van der Waals surface area (Å²) in [4.78, 5) is 4.75. The van der Waals surface area contributed by atoms with Crippen molar-refractivity contribution in [2.75, 3.05) is 9.80 Å². The second-order valence-electron chi connectivity index (χ2n) is 19.0. The molecule has 4 nitrogen and oxygen atoms in total. The Kier molecular flexibility index (Phi) is 9.70. The molecule has 11 aromatic rings. The lowest BCUT2D eigenvalue weighted by Gasteiger charge is -2.33. The van der Waals surface area contributed by atoms with Crippen LogP contribution in [-0.2, 0) is 11.8 Å². The Bertz CT molecular complexity index is 3970. The van der Waals surface area contributed by atoms with Gasteiger partial charge in [0.25, 0.3) is 0 Å². The zero-order valence-corrected chi connectivity index (χ0v) is 39.1. The number of allylic oxidation sites excluding steroid dienone is 5. The summed E-state index contributed by atoms with van der Waals surface area (Å²) in [5.41, 5.74) is 15.9. The fraction of sp³-hybridized carbons (Fsp3) is 0.0606. The zero-order valence-electron chi connectivity index (χ0n) is 39.1. The Hall–Kier alpha value is -8.86. The van der Waals surface area contributed by atoms with Crippen molar-refractivity contribution in [3.8, 4) is 33.8 Å². The summed E-state index contributed by atoms with van der Waals surface area (Å²) in [5.74, 6) is 1.63. The van der Waals surface area contributed by atoms with Crippen LogP contribution in [0.25, 0.3) is 65.7 Å². The molecule has 1 aliphatic carbocycles. The molecule has 0 saturated heterocycles. The molecule has 0 radical (unpaired) electrons. The first-order chi connectivity index (χ1) is 34.4. The highest BCUT2D eigenvalue weighted by Gasteiger charge is 2.30. The Morgan fingerprint density at radius 3 is 2.07 bits per heavy atom. The van der Waals surface area contributed by atoms with Crippen molar-refractivity contribution in [1.82, 2.24) is 0 Å². The molecule has 0 saturated carbocycles. The molecule has 70 heavy (non-hydrogen) atoms. The summed E-state index contributed by atoms with van der Waals surface area (Å²) < 4.78 is 13.4. The fourth-order valence-electron chi connectivity index (χ4n) is 10.7. The number of rotatable bonds is 7. The predicted molar refractivity (Wildman–Crippen MR) is 293 cm³/mol. The number of hydrogen-bond acceptors (Lipinski definition) is 4. The Labute approximate surface area is 407 Å². The van der Waals surface area contributed by atoms with Gasteiger partial charge in [-0.2, -0.15) is 0 Å². The number of nitrogens with zero attached hydrogens (tertiary/aromatic N) is 2. The van der Waals surface area contributed by atoms with Gasteiger partial charge in [0.15, 0.2) is 0 Å². The van der Waals surface area contributed by atoms with E-state index in [2.05, 4.69) is 249 Å². The van der Waals surface area contributed by atoms with E-state index in [-0.39, 0.29) is 5.41 Å². The number of furan rings is 1. The molecule has 334 valence electrons. The van der Waals surface area contributed by atoms with Crippen LogP contribution < -0.4 is 14.5 Å². The molecule has 4 heteroatoms. The number of anilines is 6. The van der Waals surface area contributed by atoms with Gasteiger partial charge in [-0.15, -0.1) is 0 Å². The first kappa shape index (κ1) is 41.3. The number of para-hydroxylation sites is 1. The molecule has 0 unspecified atom stereocenters. The van der Waals surface area contributed by atoms with Gasteiger partial charge in [0.2, 0.25) is 0 Å². The molecular weight excluding hydrogens is 853 g/mol. The largest absolute Gasteiger partial charge is 0.456 e. The molecule has 0 N–H and O–H groups in total. The van der Waals surface area contributed by atoms with Crippen LogP contribution in [0.3, 0.4) is 0 Å². The maximum absolute atomic E-state index is 7.09. The lowest BCUT2D eigenvalue weighted by atomic mass is 9.75. The van der Waals surface area contributed by atoms with E-state index >= 15 is 0 Å². The van der Waals surface area contributed by atoms with E-state index in [4.69, 9.17) is 9.15 Å². The van der Waals surface area contributed by atoms with Gasteiger partial charge in [-0.05, 0) is 136 Å². The molecule has 0 spiro atoms. The van der Waals surface area contributed by atoms with Crippen LogP contribution >= 0.6 is 0 Å². The number of benzene rings is 10. The third-order valence-electron chi connectivity index (χ3n) is 14.5. The van der Waals surface area contributed by atoms with Gasteiger partial charge in [-0.1, -0.05) is 160 Å². The van der Waals surface area contributed by atoms with Gasteiger partial charge in [-0.3, -0.25) is 0 Å². The quantitative estimate of drug-likeness (QED) is 0.159. The molecule has 1 aromatic heterocycles. The highest BCUT2D eigenvalue weighted by Crippen LogP contribution is 2.53. The molecule has 0 atom stereocenters. The van der Waals surface area contributed by atoms with Gasteiger partial charge in [0.05, 0.1) is 5.69 Å². The molecule has 1 aliphatic heterocycles. The third kappa shape index (κ3) is 6.91. The van der Waals surface area contributed by atoms with E-state index in [1.807, 2.05) is 12.1 Å². The lowest BCUT2D eigenvalue weighted by molar-refractivity contribution is 0.487. The molecule has 2 aliphatic rings. The summed E-state index contributed by atoms with van der Waals surface area (Å²) in [6.45, 7) is 9.13. The molecule has 0 fully saturated rings. The van der Waals surface area contributed by atoms with E-state index in [9.17, 15) is 0 Å². The number of ether oxygens (including phenoxy) is 1. The van der Waals surface area contributed by atoms with Crippen LogP contribution in [0, 0.1) is 0 Å². The molecule has 0 amide bonds. The standard InChI is InChI=1S/C66H48N2O2/c1-43-16-6-4-9-20-46-29-31-52(41-59(46)66(43,2)3)68(50-30-28-45-19-10-11-21-47(45)39-50)60-36-35-56-55-34-32-53(42-64(55)70-63-27-15-25-57(60)65(56)63)67(49-23-14-22-48(38-49)44-17-7-5-8-18-44)51-33-37-62-58(40-51)54-24-12-13-26-61(54)69-62/h4-19,21-42H,1,20H2,2-3H3/b9-4-,16-6-. The van der Waals surface area contributed by atoms with Crippen LogP contribution in [-0.4, -0.2) is 0 Å². The second kappa shape index (κ2) is 16.4. The van der Waals surface area contributed by atoms with Crippen molar-refractivity contribution in [3.05, 3.63) is 254 Å². The topological polar surface area (TPSA) is 28.9 Å². The van der Waals surface area contributed by atoms with E-state index in [0.717, 1.165) is 113 Å². The SMILES string of the molecule is C=C1/C=C\C=C/Cc2ccc(N(c3ccc4ccccc4c3)c3ccc4c5c(cccc35)Oc3cc(N(c5cccc(-c6ccccc6)c5)c5ccc6oc7ccccc7c6c5)ccc3-4)cc2C1(C)C. The van der Waals surface area contributed by atoms with E-state index < -0.39 is 0 Å². The zero-order chi connectivity index (χ0) is 46.9. The molecule has 0 bridgehead atoms. The van der Waals surface area contributed by atoms with Gasteiger partial charge in [0, 0.05) is 67.0 Å². The van der Waals surface area contributed by atoms with Gasteiger partial charge in [0.1, 0.15) is 22.7 Å². The Morgan fingerprint density at radius 2 is 1.16 bits per heavy atom. The van der Waals surface area contributed by atoms with Crippen molar-refractivity contribution in [2.24, 2.45) is 0 Å². The van der Waals surface area contributed by atoms with Crippen LogP contribution in [0.4, 0.5) is 34.1 Å². The number of hydrogen-bond donors (Lipinski definition) is 0. The minimum Gasteiger partial charge on any atom is -0.456 e. The Balaban J connectivity index is 0.964.